The maximum Gasteiger partial charge on any atom is 0.243 e. The van der Waals surface area contributed by atoms with Gasteiger partial charge in [-0.05, 0) is 48.6 Å². The molecule has 2 fully saturated rings. The molecule has 2 saturated heterocycles. The number of nitrogens with one attached hydrogen (secondary N) is 2. The molecule has 55 heavy (non-hydrogen) atoms. The highest BCUT2D eigenvalue weighted by atomic mass is 32.1. The molecule has 2 aromatic carbocycles. The summed E-state index contributed by atoms with van der Waals surface area (Å²) in [4.78, 5) is 52.0. The number of likely N-dealkylation sites (tertiary alicyclic amines) is 1. The quantitative estimate of drug-likeness (QED) is 0.157. The third-order valence-corrected chi connectivity index (χ3v) is 11.1. The van der Waals surface area contributed by atoms with Crippen molar-refractivity contribution in [1.29, 1.82) is 0 Å². The minimum Gasteiger partial charge on any atom is -0.507 e. The summed E-state index contributed by atoms with van der Waals surface area (Å²) in [6.07, 6.45) is -0.723. The molecule has 4 aromatic rings. The van der Waals surface area contributed by atoms with Gasteiger partial charge in [0.05, 0.1) is 52.2 Å². The number of aliphatic hydroxyl groups is 1. The number of phenolic OH excluding ortho intramolecular Hbond substituents is 1. The van der Waals surface area contributed by atoms with Crippen LogP contribution in [0.3, 0.4) is 0 Å². The number of aromatic nitrogens is 3. The van der Waals surface area contributed by atoms with Crippen LogP contribution in [-0.4, -0.2) is 110 Å². The van der Waals surface area contributed by atoms with E-state index in [9.17, 15) is 24.6 Å². The van der Waals surface area contributed by atoms with Crippen molar-refractivity contribution in [2.75, 3.05) is 49.9 Å². The monoisotopic (exact) mass is 771 g/mol. The lowest BCUT2D eigenvalue weighted by Crippen LogP contribution is -2.58. The van der Waals surface area contributed by atoms with Gasteiger partial charge < -0.3 is 36.0 Å². The van der Waals surface area contributed by atoms with Crippen LogP contribution in [-0.2, 0) is 14.4 Å². The number of phenols is 1. The van der Waals surface area contributed by atoms with Crippen molar-refractivity contribution in [2.45, 2.75) is 72.7 Å². The van der Waals surface area contributed by atoms with E-state index < -0.39 is 23.6 Å². The Hall–Kier alpha value is -5.12. The number of piperazine rings is 1. The minimum atomic E-state index is -0.856. The number of hydrogen-bond donors (Lipinski definition) is 5. The van der Waals surface area contributed by atoms with Crippen LogP contribution in [0.25, 0.3) is 21.7 Å². The summed E-state index contributed by atoms with van der Waals surface area (Å²) < 4.78 is 0. The molecular formula is C40H53N9O5S. The van der Waals surface area contributed by atoms with Crippen LogP contribution in [0.2, 0.25) is 0 Å². The fourth-order valence-corrected chi connectivity index (χ4v) is 7.91. The number of para-hydroxylation sites is 1. The number of β-amino-alcohol motifs (C(OH)–C–C–N with tert-alkyl or cyclic N) is 1. The molecule has 0 bridgehead atoms. The molecule has 0 spiro atoms. The van der Waals surface area contributed by atoms with Crippen LogP contribution in [0.15, 0.2) is 60.1 Å². The third-order valence-electron chi connectivity index (χ3n) is 10.2. The number of amides is 3. The third kappa shape index (κ3) is 9.23. The zero-order chi connectivity index (χ0) is 38.7. The molecule has 6 rings (SSSR count). The van der Waals surface area contributed by atoms with Crippen LogP contribution in [0.5, 0.6) is 5.75 Å². The van der Waals surface area contributed by atoms with E-state index in [2.05, 4.69) is 25.8 Å². The molecule has 4 heterocycles. The van der Waals surface area contributed by atoms with E-state index in [1.54, 1.807) is 46.6 Å². The van der Waals surface area contributed by atoms with E-state index in [1.807, 2.05) is 69.3 Å². The number of carbonyl (C=O) groups excluding carboxylic acids is 3. The van der Waals surface area contributed by atoms with Gasteiger partial charge >= 0.3 is 0 Å². The second-order valence-electron chi connectivity index (χ2n) is 15.1. The van der Waals surface area contributed by atoms with E-state index >= 15 is 0 Å². The Bertz CT molecular complexity index is 1970. The number of nitrogens with two attached hydrogens (primary N) is 1. The number of anilines is 2. The molecule has 294 valence electrons. The Morgan fingerprint density at radius 1 is 1.04 bits per heavy atom. The molecule has 2 aliphatic rings. The number of thiazole rings is 1. The Kier molecular flexibility index (Phi) is 12.8. The predicted octanol–water partition coefficient (Wildman–Crippen LogP) is 3.99. The Labute approximate surface area is 326 Å². The van der Waals surface area contributed by atoms with Gasteiger partial charge in [0.2, 0.25) is 17.7 Å². The second kappa shape index (κ2) is 17.1. The van der Waals surface area contributed by atoms with E-state index in [0.717, 1.165) is 21.7 Å². The molecule has 0 aliphatic carbocycles. The lowest BCUT2D eigenvalue weighted by Gasteiger charge is -2.38. The molecule has 15 heteroatoms. The van der Waals surface area contributed by atoms with E-state index in [4.69, 9.17) is 5.73 Å². The summed E-state index contributed by atoms with van der Waals surface area (Å²) in [5.74, 6) is -0.489. The van der Waals surface area contributed by atoms with Crippen LogP contribution < -0.4 is 21.3 Å². The lowest BCUT2D eigenvalue weighted by molar-refractivity contribution is -0.143. The fraction of sp³-hybridized carbons (Fsp3) is 0.450. The van der Waals surface area contributed by atoms with Crippen molar-refractivity contribution in [3.63, 3.8) is 0 Å². The van der Waals surface area contributed by atoms with Gasteiger partial charge in [-0.1, -0.05) is 64.6 Å². The van der Waals surface area contributed by atoms with Crippen LogP contribution in [0, 0.1) is 12.3 Å². The highest BCUT2D eigenvalue weighted by Crippen LogP contribution is 2.32. The number of aryl methyl sites for hydroxylation is 1. The first-order chi connectivity index (χ1) is 25.7. The first kappa shape index (κ1) is 41.1. The largest absolute Gasteiger partial charge is 0.507 e. The Morgan fingerprint density at radius 2 is 1.73 bits per heavy atom. The molecule has 0 saturated carbocycles. The summed E-state index contributed by atoms with van der Waals surface area (Å²) in [5.41, 5.74) is 12.1. The van der Waals surface area contributed by atoms with Crippen molar-refractivity contribution in [3.8, 4) is 27.4 Å². The Balaban J connectivity index is 0.00000580. The molecule has 2 aliphatic heterocycles. The SMILES string of the molecule is C.Cc1ncsc1-c1ccc([C@H](C)NC(=O)[C@@H]2C[C@@H](O)CN2C(=O)[C@@H](NCC(=O)N2CCN(c3cc(-c4ccccc4O)nnc3N)CC2)C(C)(C)C)cc1. The summed E-state index contributed by atoms with van der Waals surface area (Å²) in [6.45, 7) is 11.4. The van der Waals surface area contributed by atoms with Crippen molar-refractivity contribution in [1.82, 2.24) is 35.6 Å². The van der Waals surface area contributed by atoms with Gasteiger partial charge in [-0.3, -0.25) is 19.7 Å². The maximum atomic E-state index is 14.2. The van der Waals surface area contributed by atoms with E-state index in [0.29, 0.717) is 43.1 Å². The highest BCUT2D eigenvalue weighted by Gasteiger charge is 2.44. The number of hydrogen-bond acceptors (Lipinski definition) is 12. The minimum absolute atomic E-state index is 0. The Morgan fingerprint density at radius 3 is 2.36 bits per heavy atom. The molecule has 0 unspecified atom stereocenters. The first-order valence-electron chi connectivity index (χ1n) is 18.2. The smallest absolute Gasteiger partial charge is 0.243 e. The molecular weight excluding hydrogens is 719 g/mol. The molecule has 2 aromatic heterocycles. The molecule has 3 amide bonds. The second-order valence-corrected chi connectivity index (χ2v) is 15.9. The molecule has 0 radical (unpaired) electrons. The number of rotatable bonds is 10. The van der Waals surface area contributed by atoms with Gasteiger partial charge in [0.25, 0.3) is 0 Å². The first-order valence-corrected chi connectivity index (χ1v) is 19.1. The maximum absolute atomic E-state index is 14.2. The van der Waals surface area contributed by atoms with E-state index in [-0.39, 0.29) is 62.3 Å². The van der Waals surface area contributed by atoms with Gasteiger partial charge in [0.15, 0.2) is 5.82 Å². The summed E-state index contributed by atoms with van der Waals surface area (Å²) in [6, 6.07) is 14.7. The van der Waals surface area contributed by atoms with Crippen LogP contribution in [0.4, 0.5) is 11.5 Å². The van der Waals surface area contributed by atoms with Gasteiger partial charge in [-0.15, -0.1) is 21.5 Å². The number of nitrogens with zero attached hydrogens (tertiary/aromatic N) is 6. The lowest BCUT2D eigenvalue weighted by atomic mass is 9.85. The topological polar surface area (TPSA) is 190 Å². The summed E-state index contributed by atoms with van der Waals surface area (Å²) in [5, 5.41) is 35.5. The van der Waals surface area contributed by atoms with E-state index in [1.165, 1.54) is 4.90 Å². The normalized spacial score (nSPS) is 18.4. The van der Waals surface area contributed by atoms with Crippen molar-refractivity contribution >= 4 is 40.6 Å². The average molecular weight is 772 g/mol. The zero-order valence-electron chi connectivity index (χ0n) is 31.3. The van der Waals surface area contributed by atoms with Crippen molar-refractivity contribution in [2.24, 2.45) is 5.41 Å². The molecule has 6 N–H and O–H groups in total. The molecule has 14 nitrogen and oxygen atoms in total. The predicted molar refractivity (Wildman–Crippen MR) is 215 cm³/mol. The fourth-order valence-electron chi connectivity index (χ4n) is 7.10. The number of aliphatic hydroxyl groups excluding tert-OH is 1. The average Bonchev–Trinajstić information content (AvgIpc) is 3.76. The number of nitrogen functional groups attached to an aromatic ring is 1. The number of carbonyl (C=O) groups is 3. The van der Waals surface area contributed by atoms with Crippen LogP contribution in [0.1, 0.15) is 58.8 Å². The number of benzene rings is 2. The van der Waals surface area contributed by atoms with Crippen molar-refractivity contribution < 1.29 is 24.6 Å². The number of aromatic hydroxyl groups is 1. The summed E-state index contributed by atoms with van der Waals surface area (Å²) >= 11 is 1.58. The van der Waals surface area contributed by atoms with Crippen molar-refractivity contribution in [3.05, 3.63) is 71.4 Å². The van der Waals surface area contributed by atoms with Gasteiger partial charge in [0.1, 0.15) is 11.8 Å². The standard InChI is InChI=1S/C39H49N9O5S.CH4/c1-23(25-10-12-26(13-11-25)34-24(2)42-22-54-34)43-37(52)31-18-27(49)21-48(31)38(53)35(39(3,4)5)41-20-33(51)47-16-14-46(15-17-47)30-19-29(44-45-36(30)40)28-8-6-7-9-32(28)50;/h6-13,19,22-23,27,31,35,41,49-50H,14-18,20-21H2,1-5H3,(H2,40,45)(H,43,52);1H4/t23-,27+,31-,35+;/m0./s1. The van der Waals surface area contributed by atoms with Crippen LogP contribution >= 0.6 is 11.3 Å². The molecule has 4 atom stereocenters. The zero-order valence-corrected chi connectivity index (χ0v) is 32.1. The summed E-state index contributed by atoms with van der Waals surface area (Å²) in [7, 11) is 0. The van der Waals surface area contributed by atoms with Gasteiger partial charge in [-0.25, -0.2) is 4.98 Å². The van der Waals surface area contributed by atoms with Gasteiger partial charge in [0, 0.05) is 44.7 Å². The highest BCUT2D eigenvalue weighted by molar-refractivity contribution is 7.13. The van der Waals surface area contributed by atoms with Gasteiger partial charge in [-0.2, -0.15) is 0 Å².